The zero-order valence-electron chi connectivity index (χ0n) is 16.4. The van der Waals surface area contributed by atoms with Crippen LogP contribution < -0.4 is 10.6 Å². The van der Waals surface area contributed by atoms with Crippen LogP contribution in [0.5, 0.6) is 0 Å². The van der Waals surface area contributed by atoms with Crippen LogP contribution in [0, 0.1) is 11.7 Å². The zero-order chi connectivity index (χ0) is 19.3. The zero-order valence-corrected chi connectivity index (χ0v) is 16.4. The molecule has 5 nitrogen and oxygen atoms in total. The highest BCUT2D eigenvalue weighted by molar-refractivity contribution is 5.80. The molecule has 1 aliphatic heterocycles. The standard InChI is InChI=1S/C21H31FN4O/c1-3-24-20(26-12-8-16(9-13-26)14-19(27)23-2)25-15-21(10-11-21)17-4-6-18(22)7-5-17/h4-7,16H,3,8-15H2,1-2H3,(H,23,27)(H,24,25). The molecule has 0 spiro atoms. The molecule has 148 valence electrons. The molecular weight excluding hydrogens is 343 g/mol. The molecule has 0 aromatic heterocycles. The van der Waals surface area contributed by atoms with E-state index in [1.807, 2.05) is 12.1 Å². The van der Waals surface area contributed by atoms with Crippen molar-refractivity contribution in [3.63, 3.8) is 0 Å². The molecule has 2 N–H and O–H groups in total. The fraction of sp³-hybridized carbons (Fsp3) is 0.619. The number of carbonyl (C=O) groups excluding carboxylic acids is 1. The number of carbonyl (C=O) groups is 1. The van der Waals surface area contributed by atoms with E-state index >= 15 is 0 Å². The molecule has 0 unspecified atom stereocenters. The second-order valence-electron chi connectivity index (χ2n) is 7.77. The van der Waals surface area contributed by atoms with Crippen molar-refractivity contribution in [3.8, 4) is 0 Å². The third kappa shape index (κ3) is 4.99. The first-order valence-corrected chi connectivity index (χ1v) is 10.1. The third-order valence-electron chi connectivity index (χ3n) is 5.84. The van der Waals surface area contributed by atoms with Crippen LogP contribution in [-0.2, 0) is 10.2 Å². The molecule has 3 rings (SSSR count). The summed E-state index contributed by atoms with van der Waals surface area (Å²) in [5.41, 5.74) is 1.26. The average Bonchev–Trinajstić information content (AvgIpc) is 3.47. The highest BCUT2D eigenvalue weighted by Crippen LogP contribution is 2.48. The summed E-state index contributed by atoms with van der Waals surface area (Å²) in [7, 11) is 1.70. The number of halogens is 1. The van der Waals surface area contributed by atoms with Crippen LogP contribution in [0.2, 0.25) is 0 Å². The van der Waals surface area contributed by atoms with Crippen molar-refractivity contribution in [2.75, 3.05) is 33.2 Å². The number of amides is 1. The van der Waals surface area contributed by atoms with Gasteiger partial charge in [-0.3, -0.25) is 9.79 Å². The van der Waals surface area contributed by atoms with E-state index in [-0.39, 0.29) is 17.1 Å². The van der Waals surface area contributed by atoms with E-state index < -0.39 is 0 Å². The second-order valence-corrected chi connectivity index (χ2v) is 7.77. The normalized spacial score (nSPS) is 19.7. The highest BCUT2D eigenvalue weighted by Gasteiger charge is 2.44. The molecule has 1 saturated carbocycles. The molecule has 6 heteroatoms. The van der Waals surface area contributed by atoms with E-state index in [0.717, 1.165) is 57.8 Å². The van der Waals surface area contributed by atoms with E-state index in [4.69, 9.17) is 4.99 Å². The van der Waals surface area contributed by atoms with Crippen molar-refractivity contribution in [2.45, 2.75) is 44.4 Å². The molecule has 1 heterocycles. The van der Waals surface area contributed by atoms with Crippen molar-refractivity contribution in [1.82, 2.24) is 15.5 Å². The lowest BCUT2D eigenvalue weighted by Crippen LogP contribution is -2.46. The van der Waals surface area contributed by atoms with Crippen molar-refractivity contribution in [1.29, 1.82) is 0 Å². The lowest BCUT2D eigenvalue weighted by atomic mass is 9.93. The summed E-state index contributed by atoms with van der Waals surface area (Å²) in [6.45, 7) is 5.51. The summed E-state index contributed by atoms with van der Waals surface area (Å²) in [6, 6.07) is 6.88. The number of likely N-dealkylation sites (tertiary alicyclic amines) is 1. The van der Waals surface area contributed by atoms with Crippen LogP contribution >= 0.6 is 0 Å². The van der Waals surface area contributed by atoms with Gasteiger partial charge in [0.05, 0.1) is 6.54 Å². The van der Waals surface area contributed by atoms with Crippen LogP contribution in [0.1, 0.15) is 44.6 Å². The Bertz CT molecular complexity index is 661. The lowest BCUT2D eigenvalue weighted by molar-refractivity contribution is -0.121. The Balaban J connectivity index is 1.60. The number of benzene rings is 1. The van der Waals surface area contributed by atoms with Crippen LogP contribution in [0.15, 0.2) is 29.3 Å². The highest BCUT2D eigenvalue weighted by atomic mass is 19.1. The minimum atomic E-state index is -0.189. The third-order valence-corrected chi connectivity index (χ3v) is 5.84. The van der Waals surface area contributed by atoms with Gasteiger partial charge in [-0.05, 0) is 56.2 Å². The van der Waals surface area contributed by atoms with E-state index in [0.29, 0.717) is 12.3 Å². The van der Waals surface area contributed by atoms with E-state index in [1.165, 1.54) is 5.56 Å². The van der Waals surface area contributed by atoms with Crippen molar-refractivity contribution in [3.05, 3.63) is 35.6 Å². The molecule has 0 radical (unpaired) electrons. The summed E-state index contributed by atoms with van der Waals surface area (Å²) in [4.78, 5) is 18.8. The molecular formula is C21H31FN4O. The molecule has 1 aromatic rings. The van der Waals surface area contributed by atoms with Gasteiger partial charge in [0.2, 0.25) is 5.91 Å². The van der Waals surface area contributed by atoms with Gasteiger partial charge in [0, 0.05) is 38.5 Å². The summed E-state index contributed by atoms with van der Waals surface area (Å²) < 4.78 is 13.2. The van der Waals surface area contributed by atoms with Crippen molar-refractivity contribution >= 4 is 11.9 Å². The van der Waals surface area contributed by atoms with Crippen LogP contribution in [0.25, 0.3) is 0 Å². The monoisotopic (exact) mass is 374 g/mol. The molecule has 2 fully saturated rings. The Hall–Kier alpha value is -2.11. The van der Waals surface area contributed by atoms with E-state index in [1.54, 1.807) is 19.2 Å². The summed E-state index contributed by atoms with van der Waals surface area (Å²) in [5.74, 6) is 1.36. The van der Waals surface area contributed by atoms with Gasteiger partial charge in [0.1, 0.15) is 5.82 Å². The molecule has 1 aliphatic carbocycles. The number of hydrogen-bond donors (Lipinski definition) is 2. The summed E-state index contributed by atoms with van der Waals surface area (Å²) in [6.07, 6.45) is 4.86. The molecule has 0 atom stereocenters. The number of nitrogens with one attached hydrogen (secondary N) is 2. The van der Waals surface area contributed by atoms with Crippen LogP contribution in [0.4, 0.5) is 4.39 Å². The maximum absolute atomic E-state index is 13.2. The topological polar surface area (TPSA) is 56.7 Å². The largest absolute Gasteiger partial charge is 0.359 e. The van der Waals surface area contributed by atoms with Gasteiger partial charge in [-0.15, -0.1) is 0 Å². The number of hydrogen-bond acceptors (Lipinski definition) is 2. The predicted molar refractivity (Wildman–Crippen MR) is 106 cm³/mol. The second kappa shape index (κ2) is 8.72. The Morgan fingerprint density at radius 1 is 1.26 bits per heavy atom. The lowest BCUT2D eigenvalue weighted by Gasteiger charge is -2.34. The number of piperidine rings is 1. The van der Waals surface area contributed by atoms with E-state index in [9.17, 15) is 9.18 Å². The molecule has 2 aliphatic rings. The molecule has 1 aromatic carbocycles. The van der Waals surface area contributed by atoms with Gasteiger partial charge in [0.25, 0.3) is 0 Å². The number of aliphatic imine (C=N–C) groups is 1. The van der Waals surface area contributed by atoms with Gasteiger partial charge in [-0.1, -0.05) is 12.1 Å². The SMILES string of the molecule is CCNC(=NCC1(c2ccc(F)cc2)CC1)N1CCC(CC(=O)NC)CC1. The van der Waals surface area contributed by atoms with Gasteiger partial charge < -0.3 is 15.5 Å². The summed E-state index contributed by atoms with van der Waals surface area (Å²) >= 11 is 0. The Kier molecular flexibility index (Phi) is 6.34. The number of nitrogens with zero attached hydrogens (tertiary/aromatic N) is 2. The average molecular weight is 375 g/mol. The first-order valence-electron chi connectivity index (χ1n) is 10.1. The fourth-order valence-corrected chi connectivity index (χ4v) is 3.86. The minimum absolute atomic E-state index is 0.0753. The smallest absolute Gasteiger partial charge is 0.220 e. The quantitative estimate of drug-likeness (QED) is 0.595. The van der Waals surface area contributed by atoms with Gasteiger partial charge in [-0.25, -0.2) is 4.39 Å². The molecule has 1 amide bonds. The van der Waals surface area contributed by atoms with Crippen molar-refractivity contribution in [2.24, 2.45) is 10.9 Å². The number of rotatable bonds is 6. The maximum atomic E-state index is 13.2. The number of guanidine groups is 1. The summed E-state index contributed by atoms with van der Waals surface area (Å²) in [5, 5.41) is 6.13. The van der Waals surface area contributed by atoms with Crippen molar-refractivity contribution < 1.29 is 9.18 Å². The van der Waals surface area contributed by atoms with Crippen LogP contribution in [0.3, 0.4) is 0 Å². The van der Waals surface area contributed by atoms with Gasteiger partial charge >= 0.3 is 0 Å². The molecule has 27 heavy (non-hydrogen) atoms. The molecule has 1 saturated heterocycles. The molecule has 0 bridgehead atoms. The first kappa shape index (κ1) is 19.6. The van der Waals surface area contributed by atoms with Gasteiger partial charge in [0.15, 0.2) is 5.96 Å². The Labute approximate surface area is 161 Å². The van der Waals surface area contributed by atoms with E-state index in [2.05, 4.69) is 22.5 Å². The van der Waals surface area contributed by atoms with Crippen LogP contribution in [-0.4, -0.2) is 50.0 Å². The Morgan fingerprint density at radius 3 is 2.48 bits per heavy atom. The maximum Gasteiger partial charge on any atom is 0.220 e. The Morgan fingerprint density at radius 2 is 1.93 bits per heavy atom. The first-order chi connectivity index (χ1) is 13.1. The van der Waals surface area contributed by atoms with Gasteiger partial charge in [-0.2, -0.15) is 0 Å². The fourth-order valence-electron chi connectivity index (χ4n) is 3.86. The minimum Gasteiger partial charge on any atom is -0.359 e. The predicted octanol–water partition coefficient (Wildman–Crippen LogP) is 2.67.